The van der Waals surface area contributed by atoms with Crippen LogP contribution in [0, 0.1) is 10.5 Å². The van der Waals surface area contributed by atoms with Gasteiger partial charge in [-0.2, -0.15) is 0 Å². The number of rotatable bonds is 1. The van der Waals surface area contributed by atoms with Crippen LogP contribution in [0.4, 0.5) is 0 Å². The van der Waals surface area contributed by atoms with Gasteiger partial charge in [0.05, 0.1) is 11.1 Å². The normalized spacial score (nSPS) is 10.9. The lowest BCUT2D eigenvalue weighted by atomic mass is 10.2. The zero-order chi connectivity index (χ0) is 14.3. The lowest BCUT2D eigenvalue weighted by Gasteiger charge is -2.10. The van der Waals surface area contributed by atoms with Gasteiger partial charge in [-0.05, 0) is 69.7 Å². The Morgan fingerprint density at radius 2 is 1.90 bits per heavy atom. The molecule has 0 bridgehead atoms. The summed E-state index contributed by atoms with van der Waals surface area (Å²) in [6, 6.07) is 15.8. The summed E-state index contributed by atoms with van der Waals surface area (Å²) < 4.78 is 3.54. The summed E-state index contributed by atoms with van der Waals surface area (Å²) in [6.07, 6.45) is 0. The number of hydrogen-bond donors (Lipinski definition) is 0. The minimum atomic E-state index is 0.000532. The van der Waals surface area contributed by atoms with Gasteiger partial charge in [0.25, 0.3) is 5.91 Å². The third-order valence-corrected chi connectivity index (χ3v) is 4.83. The summed E-state index contributed by atoms with van der Waals surface area (Å²) in [4.78, 5) is 12.9. The number of fused-ring (bicyclic) bond motifs is 1. The molecule has 3 rings (SSSR count). The van der Waals surface area contributed by atoms with Crippen molar-refractivity contribution in [3.8, 4) is 0 Å². The van der Waals surface area contributed by atoms with Crippen LogP contribution in [-0.4, -0.2) is 10.5 Å². The first-order valence-electron chi connectivity index (χ1n) is 6.15. The fraction of sp³-hybridized carbons (Fsp3) is 0.0625. The lowest BCUT2D eigenvalue weighted by Crippen LogP contribution is -2.15. The molecule has 20 heavy (non-hydrogen) atoms. The highest BCUT2D eigenvalue weighted by molar-refractivity contribution is 14.1. The molecule has 1 heterocycles. The molecule has 0 unspecified atom stereocenters. The summed E-state index contributed by atoms with van der Waals surface area (Å²) in [5.74, 6) is 0.000532. The molecule has 0 radical (unpaired) electrons. The smallest absolute Gasteiger partial charge is 0.264 e. The van der Waals surface area contributed by atoms with E-state index in [1.54, 1.807) is 4.57 Å². The zero-order valence-electron chi connectivity index (χ0n) is 10.7. The van der Waals surface area contributed by atoms with Crippen molar-refractivity contribution in [2.24, 2.45) is 0 Å². The van der Waals surface area contributed by atoms with Crippen molar-refractivity contribution >= 4 is 55.3 Å². The van der Waals surface area contributed by atoms with Crippen LogP contribution in [0.5, 0.6) is 0 Å². The Morgan fingerprint density at radius 1 is 1.15 bits per heavy atom. The van der Waals surface area contributed by atoms with Crippen LogP contribution in [0.25, 0.3) is 10.9 Å². The standard InChI is InChI=1S/C16H11BrINO/c1-10-9-11-5-2-3-8-14(11)19(10)16(20)15-12(17)6-4-7-13(15)18/h2-9H,1H3. The molecule has 0 amide bonds. The number of nitrogens with zero attached hydrogens (tertiary/aromatic N) is 1. The van der Waals surface area contributed by atoms with E-state index in [0.717, 1.165) is 24.6 Å². The van der Waals surface area contributed by atoms with Crippen LogP contribution in [0.2, 0.25) is 0 Å². The third-order valence-electron chi connectivity index (χ3n) is 3.27. The van der Waals surface area contributed by atoms with Gasteiger partial charge in [-0.15, -0.1) is 0 Å². The van der Waals surface area contributed by atoms with E-state index in [-0.39, 0.29) is 5.91 Å². The minimum absolute atomic E-state index is 0.000532. The number of carbonyl (C=O) groups excluding carboxylic acids is 1. The number of para-hydroxylation sites is 1. The Hall–Kier alpha value is -1.14. The fourth-order valence-electron chi connectivity index (χ4n) is 2.38. The van der Waals surface area contributed by atoms with Crippen LogP contribution in [0.3, 0.4) is 0 Å². The Morgan fingerprint density at radius 3 is 2.65 bits per heavy atom. The molecule has 0 saturated heterocycles. The van der Waals surface area contributed by atoms with Crippen LogP contribution in [0.1, 0.15) is 16.1 Å². The number of carbonyl (C=O) groups is 1. The van der Waals surface area contributed by atoms with Gasteiger partial charge in [-0.25, -0.2) is 0 Å². The quantitative estimate of drug-likeness (QED) is 0.489. The second-order valence-electron chi connectivity index (χ2n) is 4.58. The fourth-order valence-corrected chi connectivity index (χ4v) is 4.01. The van der Waals surface area contributed by atoms with Crippen molar-refractivity contribution < 1.29 is 4.79 Å². The molecule has 1 aromatic heterocycles. The Kier molecular flexibility index (Phi) is 3.69. The number of halogens is 2. The molecule has 0 aliphatic rings. The molecule has 2 aromatic carbocycles. The van der Waals surface area contributed by atoms with Gasteiger partial charge < -0.3 is 0 Å². The predicted octanol–water partition coefficient (Wildman–Crippen LogP) is 5.01. The van der Waals surface area contributed by atoms with Crippen molar-refractivity contribution in [1.82, 2.24) is 4.57 Å². The molecule has 0 fully saturated rings. The topological polar surface area (TPSA) is 22.0 Å². The van der Waals surface area contributed by atoms with Crippen molar-refractivity contribution in [1.29, 1.82) is 0 Å². The number of benzene rings is 2. The number of aromatic nitrogens is 1. The van der Waals surface area contributed by atoms with Gasteiger partial charge in [0.1, 0.15) is 0 Å². The van der Waals surface area contributed by atoms with Gasteiger partial charge >= 0.3 is 0 Å². The van der Waals surface area contributed by atoms with E-state index in [4.69, 9.17) is 0 Å². The highest BCUT2D eigenvalue weighted by Crippen LogP contribution is 2.26. The highest BCUT2D eigenvalue weighted by Gasteiger charge is 2.19. The summed E-state index contributed by atoms with van der Waals surface area (Å²) in [5, 5.41) is 1.08. The van der Waals surface area contributed by atoms with Crippen molar-refractivity contribution in [2.75, 3.05) is 0 Å². The SMILES string of the molecule is Cc1cc2ccccc2n1C(=O)c1c(Br)cccc1I. The average molecular weight is 440 g/mol. The van der Waals surface area contributed by atoms with E-state index >= 15 is 0 Å². The molecule has 0 aliphatic carbocycles. The summed E-state index contributed by atoms with van der Waals surface area (Å²) in [5.41, 5.74) is 2.60. The second kappa shape index (κ2) is 5.33. The van der Waals surface area contributed by atoms with Gasteiger partial charge in [0.15, 0.2) is 0 Å². The predicted molar refractivity (Wildman–Crippen MR) is 93.3 cm³/mol. The van der Waals surface area contributed by atoms with Crippen molar-refractivity contribution in [3.63, 3.8) is 0 Å². The molecule has 3 aromatic rings. The number of aryl methyl sites for hydroxylation is 1. The first-order chi connectivity index (χ1) is 9.59. The molecule has 100 valence electrons. The maximum absolute atomic E-state index is 12.9. The molecule has 0 spiro atoms. The molecule has 2 nitrogen and oxygen atoms in total. The van der Waals surface area contributed by atoms with Crippen LogP contribution in [0.15, 0.2) is 53.0 Å². The third kappa shape index (κ3) is 2.20. The van der Waals surface area contributed by atoms with Gasteiger partial charge in [0, 0.05) is 19.1 Å². The van der Waals surface area contributed by atoms with E-state index < -0.39 is 0 Å². The number of hydrogen-bond acceptors (Lipinski definition) is 1. The maximum atomic E-state index is 12.9. The Balaban J connectivity index is 2.26. The molecule has 4 heteroatoms. The Labute approximate surface area is 139 Å². The van der Waals surface area contributed by atoms with E-state index in [0.29, 0.717) is 5.56 Å². The largest absolute Gasteiger partial charge is 0.280 e. The molecular weight excluding hydrogens is 429 g/mol. The summed E-state index contributed by atoms with van der Waals surface area (Å²) in [7, 11) is 0. The molecule has 0 aliphatic heterocycles. The lowest BCUT2D eigenvalue weighted by molar-refractivity contribution is 0.0961. The van der Waals surface area contributed by atoms with E-state index in [1.165, 1.54) is 0 Å². The van der Waals surface area contributed by atoms with Crippen molar-refractivity contribution in [2.45, 2.75) is 6.92 Å². The van der Waals surface area contributed by atoms with Gasteiger partial charge in [-0.1, -0.05) is 24.3 Å². The summed E-state index contributed by atoms with van der Waals surface area (Å²) >= 11 is 5.68. The van der Waals surface area contributed by atoms with E-state index in [9.17, 15) is 4.79 Å². The van der Waals surface area contributed by atoms with Crippen molar-refractivity contribution in [3.05, 3.63) is 67.8 Å². The first kappa shape index (κ1) is 13.8. The zero-order valence-corrected chi connectivity index (χ0v) is 14.5. The van der Waals surface area contributed by atoms with E-state index in [1.807, 2.05) is 55.5 Å². The average Bonchev–Trinajstić information content (AvgIpc) is 2.74. The molecular formula is C16H11BrINO. The monoisotopic (exact) mass is 439 g/mol. The second-order valence-corrected chi connectivity index (χ2v) is 6.60. The minimum Gasteiger partial charge on any atom is -0.280 e. The van der Waals surface area contributed by atoms with Gasteiger partial charge in [-0.3, -0.25) is 9.36 Å². The van der Waals surface area contributed by atoms with E-state index in [2.05, 4.69) is 38.5 Å². The molecule has 0 N–H and O–H groups in total. The maximum Gasteiger partial charge on any atom is 0.264 e. The van der Waals surface area contributed by atoms with Gasteiger partial charge in [0.2, 0.25) is 0 Å². The molecule has 0 atom stereocenters. The first-order valence-corrected chi connectivity index (χ1v) is 8.02. The van der Waals surface area contributed by atoms with Crippen LogP contribution < -0.4 is 0 Å². The Bertz CT molecular complexity index is 802. The van der Waals surface area contributed by atoms with Crippen LogP contribution in [-0.2, 0) is 0 Å². The molecule has 0 saturated carbocycles. The van der Waals surface area contributed by atoms with Crippen LogP contribution >= 0.6 is 38.5 Å². The summed E-state index contributed by atoms with van der Waals surface area (Å²) in [6.45, 7) is 1.96. The highest BCUT2D eigenvalue weighted by atomic mass is 127.